The average molecular weight is 296 g/mol. The predicted molar refractivity (Wildman–Crippen MR) is 76.9 cm³/mol. The van der Waals surface area contributed by atoms with E-state index in [1.54, 1.807) is 6.92 Å². The van der Waals surface area contributed by atoms with E-state index in [1.807, 2.05) is 0 Å². The van der Waals surface area contributed by atoms with Gasteiger partial charge in [0.2, 0.25) is 0 Å². The Morgan fingerprint density at radius 2 is 1.62 bits per heavy atom. The monoisotopic (exact) mass is 296 g/mol. The van der Waals surface area contributed by atoms with E-state index < -0.39 is 17.9 Å². The molecule has 0 fully saturated rings. The molecule has 6 heteroatoms. The van der Waals surface area contributed by atoms with E-state index in [4.69, 9.17) is 15.3 Å². The molecule has 0 spiro atoms. The minimum Gasteiger partial charge on any atom is -0.481 e. The topological polar surface area (TPSA) is 112 Å². The van der Waals surface area contributed by atoms with Gasteiger partial charge in [-0.2, -0.15) is 0 Å². The normalized spacial score (nSPS) is 9.43. The largest absolute Gasteiger partial charge is 0.481 e. The minimum atomic E-state index is -1.12. The maximum Gasteiger partial charge on any atom is 0.335 e. The van der Waals surface area contributed by atoms with Gasteiger partial charge in [-0.25, -0.2) is 9.59 Å². The Balaban J connectivity index is 0.000000433. The van der Waals surface area contributed by atoms with Crippen LogP contribution in [0, 0.1) is 6.92 Å². The van der Waals surface area contributed by atoms with Gasteiger partial charge in [0.15, 0.2) is 0 Å². The van der Waals surface area contributed by atoms with Crippen molar-refractivity contribution in [3.8, 4) is 0 Å². The molecule has 21 heavy (non-hydrogen) atoms. The summed E-state index contributed by atoms with van der Waals surface area (Å²) in [5.41, 5.74) is 0.570. The van der Waals surface area contributed by atoms with Crippen LogP contribution in [0.3, 0.4) is 0 Å². The van der Waals surface area contributed by atoms with Gasteiger partial charge in [-0.3, -0.25) is 4.79 Å². The van der Waals surface area contributed by atoms with Crippen molar-refractivity contribution in [1.82, 2.24) is 0 Å². The lowest BCUT2D eigenvalue weighted by Gasteiger charge is -2.01. The van der Waals surface area contributed by atoms with Crippen LogP contribution in [0.2, 0.25) is 0 Å². The number of carboxylic acids is 3. The molecular weight excluding hydrogens is 276 g/mol. The highest BCUT2D eigenvalue weighted by atomic mass is 16.4. The summed E-state index contributed by atoms with van der Waals surface area (Å²) in [4.78, 5) is 31.0. The molecule has 0 aromatic heterocycles. The fourth-order valence-corrected chi connectivity index (χ4v) is 1.51. The second-order valence-electron chi connectivity index (χ2n) is 4.49. The molecule has 116 valence electrons. The summed E-state index contributed by atoms with van der Waals surface area (Å²) in [5, 5.41) is 25.4. The van der Waals surface area contributed by atoms with Gasteiger partial charge in [0.1, 0.15) is 0 Å². The summed E-state index contributed by atoms with van der Waals surface area (Å²) < 4.78 is 0. The van der Waals surface area contributed by atoms with Crippen LogP contribution in [0.1, 0.15) is 58.9 Å². The first-order valence-electron chi connectivity index (χ1n) is 6.58. The Kier molecular flexibility index (Phi) is 8.45. The zero-order chi connectivity index (χ0) is 16.4. The van der Waals surface area contributed by atoms with Crippen LogP contribution >= 0.6 is 0 Å². The summed E-state index contributed by atoms with van der Waals surface area (Å²) in [7, 11) is 0. The fraction of sp³-hybridized carbons (Fsp3) is 0.400. The molecule has 1 aromatic carbocycles. The Bertz CT molecular complexity index is 507. The molecule has 0 aliphatic carbocycles. The summed E-state index contributed by atoms with van der Waals surface area (Å²) >= 11 is 0. The molecule has 3 N–H and O–H groups in total. The van der Waals surface area contributed by atoms with E-state index >= 15 is 0 Å². The van der Waals surface area contributed by atoms with E-state index in [9.17, 15) is 14.4 Å². The van der Waals surface area contributed by atoms with Crippen molar-refractivity contribution in [3.05, 3.63) is 34.9 Å². The van der Waals surface area contributed by atoms with Crippen molar-refractivity contribution >= 4 is 17.9 Å². The molecule has 0 atom stereocenters. The number of hydrogen-bond acceptors (Lipinski definition) is 3. The third kappa shape index (κ3) is 7.71. The summed E-state index contributed by atoms with van der Waals surface area (Å²) in [5.74, 6) is -2.92. The molecule has 0 saturated heterocycles. The first-order valence-corrected chi connectivity index (χ1v) is 6.58. The van der Waals surface area contributed by atoms with E-state index in [-0.39, 0.29) is 11.1 Å². The van der Waals surface area contributed by atoms with Crippen LogP contribution in [0.15, 0.2) is 18.2 Å². The van der Waals surface area contributed by atoms with Crippen LogP contribution in [0.4, 0.5) is 0 Å². The Hall–Kier alpha value is -2.37. The Morgan fingerprint density at radius 1 is 1.00 bits per heavy atom. The second kappa shape index (κ2) is 9.52. The molecule has 1 aromatic rings. The van der Waals surface area contributed by atoms with Gasteiger partial charge in [0, 0.05) is 6.42 Å². The van der Waals surface area contributed by atoms with Crippen molar-refractivity contribution in [2.24, 2.45) is 0 Å². The van der Waals surface area contributed by atoms with Crippen LogP contribution < -0.4 is 0 Å². The fourth-order valence-electron chi connectivity index (χ4n) is 1.51. The molecule has 6 nitrogen and oxygen atoms in total. The SMILES string of the molecule is CCCCCC(=O)O.Cc1ccc(C(=O)O)cc1C(=O)O. The third-order valence-electron chi connectivity index (χ3n) is 2.71. The number of carboxylic acid groups (broad SMARTS) is 3. The number of rotatable bonds is 6. The summed E-state index contributed by atoms with van der Waals surface area (Å²) in [6.07, 6.45) is 3.28. The Morgan fingerprint density at radius 3 is 2.05 bits per heavy atom. The van der Waals surface area contributed by atoms with Crippen molar-refractivity contribution in [2.45, 2.75) is 39.5 Å². The van der Waals surface area contributed by atoms with Crippen LogP contribution in [0.5, 0.6) is 0 Å². The van der Waals surface area contributed by atoms with E-state index in [2.05, 4.69) is 6.92 Å². The van der Waals surface area contributed by atoms with Crippen LogP contribution in [0.25, 0.3) is 0 Å². The lowest BCUT2D eigenvalue weighted by Crippen LogP contribution is -2.03. The molecule has 0 amide bonds. The van der Waals surface area contributed by atoms with Gasteiger partial charge >= 0.3 is 17.9 Å². The van der Waals surface area contributed by atoms with Crippen LogP contribution in [-0.4, -0.2) is 33.2 Å². The molecule has 0 saturated carbocycles. The molecule has 1 rings (SSSR count). The summed E-state index contributed by atoms with van der Waals surface area (Å²) in [6.45, 7) is 3.68. The number of benzene rings is 1. The molecular formula is C15H20O6. The van der Waals surface area contributed by atoms with Gasteiger partial charge in [-0.05, 0) is 31.0 Å². The van der Waals surface area contributed by atoms with Gasteiger partial charge in [0.25, 0.3) is 0 Å². The van der Waals surface area contributed by atoms with Gasteiger partial charge in [-0.1, -0.05) is 25.8 Å². The molecule has 0 unspecified atom stereocenters. The minimum absolute atomic E-state index is 0.0111. The van der Waals surface area contributed by atoms with Gasteiger partial charge in [0.05, 0.1) is 11.1 Å². The molecule has 0 aliphatic heterocycles. The lowest BCUT2D eigenvalue weighted by molar-refractivity contribution is -0.137. The molecule has 0 aliphatic rings. The average Bonchev–Trinajstić information content (AvgIpc) is 2.39. The zero-order valence-electron chi connectivity index (χ0n) is 12.1. The molecule has 0 heterocycles. The number of aromatic carboxylic acids is 2. The van der Waals surface area contributed by atoms with E-state index in [1.165, 1.54) is 12.1 Å². The standard InChI is InChI=1S/C9H8O4.C6H12O2/c1-5-2-3-6(8(10)11)4-7(5)9(12)13;1-2-3-4-5-6(7)8/h2-4H,1H3,(H,10,11)(H,12,13);2-5H2,1H3,(H,7,8). The van der Waals surface area contributed by atoms with Crippen molar-refractivity contribution < 1.29 is 29.7 Å². The number of carbonyl (C=O) groups is 3. The second-order valence-corrected chi connectivity index (χ2v) is 4.49. The smallest absolute Gasteiger partial charge is 0.335 e. The van der Waals surface area contributed by atoms with E-state index in [0.29, 0.717) is 12.0 Å². The highest BCUT2D eigenvalue weighted by Crippen LogP contribution is 2.11. The first kappa shape index (κ1) is 18.6. The number of aliphatic carboxylic acids is 1. The molecule has 0 radical (unpaired) electrons. The number of unbranched alkanes of at least 4 members (excludes halogenated alkanes) is 2. The van der Waals surface area contributed by atoms with Crippen molar-refractivity contribution in [2.75, 3.05) is 0 Å². The lowest BCUT2D eigenvalue weighted by atomic mass is 10.1. The third-order valence-corrected chi connectivity index (χ3v) is 2.71. The van der Waals surface area contributed by atoms with E-state index in [0.717, 1.165) is 25.3 Å². The van der Waals surface area contributed by atoms with Gasteiger partial charge < -0.3 is 15.3 Å². The molecule has 0 bridgehead atoms. The number of hydrogen-bond donors (Lipinski definition) is 3. The highest BCUT2D eigenvalue weighted by molar-refractivity contribution is 5.94. The van der Waals surface area contributed by atoms with Crippen LogP contribution in [-0.2, 0) is 4.79 Å². The quantitative estimate of drug-likeness (QED) is 0.695. The predicted octanol–water partition coefficient (Wildman–Crippen LogP) is 3.04. The maximum atomic E-state index is 10.6. The Labute approximate surface area is 123 Å². The van der Waals surface area contributed by atoms with Crippen molar-refractivity contribution in [3.63, 3.8) is 0 Å². The van der Waals surface area contributed by atoms with Gasteiger partial charge in [-0.15, -0.1) is 0 Å². The number of aryl methyl sites for hydroxylation is 1. The maximum absolute atomic E-state index is 10.6. The first-order chi connectivity index (χ1) is 9.79. The highest BCUT2D eigenvalue weighted by Gasteiger charge is 2.10. The van der Waals surface area contributed by atoms with Crippen molar-refractivity contribution in [1.29, 1.82) is 0 Å². The summed E-state index contributed by atoms with van der Waals surface area (Å²) in [6, 6.07) is 4.01. The zero-order valence-corrected chi connectivity index (χ0v) is 12.1.